The molecule has 0 saturated carbocycles. The first-order valence-corrected chi connectivity index (χ1v) is 12.5. The molecule has 0 spiro atoms. The maximum atomic E-state index is 13.4. The van der Waals surface area contributed by atoms with Crippen molar-refractivity contribution in [2.45, 2.75) is 37.6 Å². The lowest BCUT2D eigenvalue weighted by Gasteiger charge is -2.30. The van der Waals surface area contributed by atoms with Crippen molar-refractivity contribution in [1.82, 2.24) is 5.32 Å². The summed E-state index contributed by atoms with van der Waals surface area (Å²) in [6.07, 6.45) is 1.66. The van der Waals surface area contributed by atoms with Gasteiger partial charge in [0.05, 0.1) is 16.6 Å². The molecule has 7 heteroatoms. The normalized spacial score (nSPS) is 14.3. The van der Waals surface area contributed by atoms with E-state index in [0.29, 0.717) is 17.9 Å². The monoisotopic (exact) mass is 464 g/mol. The van der Waals surface area contributed by atoms with Gasteiger partial charge in [-0.1, -0.05) is 48.5 Å². The predicted octanol–water partition coefficient (Wildman–Crippen LogP) is 4.39. The van der Waals surface area contributed by atoms with E-state index in [1.807, 2.05) is 61.5 Å². The third-order valence-electron chi connectivity index (χ3n) is 5.84. The van der Waals surface area contributed by atoms with E-state index in [4.69, 9.17) is 4.74 Å². The van der Waals surface area contributed by atoms with Crippen LogP contribution in [0.4, 0.5) is 5.69 Å². The van der Waals surface area contributed by atoms with Gasteiger partial charge >= 0.3 is 0 Å². The van der Waals surface area contributed by atoms with Crippen LogP contribution in [0.5, 0.6) is 5.75 Å². The summed E-state index contributed by atoms with van der Waals surface area (Å²) in [5.41, 5.74) is 3.45. The molecule has 1 aliphatic heterocycles. The van der Waals surface area contributed by atoms with Crippen molar-refractivity contribution in [3.05, 3.63) is 89.5 Å². The molecule has 0 bridgehead atoms. The number of carbonyl (C=O) groups is 1. The second-order valence-electron chi connectivity index (χ2n) is 8.23. The summed E-state index contributed by atoms with van der Waals surface area (Å²) in [5, 5.41) is 2.91. The first-order valence-electron chi connectivity index (χ1n) is 11.0. The van der Waals surface area contributed by atoms with Crippen molar-refractivity contribution in [3.63, 3.8) is 0 Å². The van der Waals surface area contributed by atoms with Crippen LogP contribution in [0.25, 0.3) is 0 Å². The van der Waals surface area contributed by atoms with Crippen LogP contribution in [0.3, 0.4) is 0 Å². The Hall–Kier alpha value is -3.32. The molecule has 6 nitrogen and oxygen atoms in total. The summed E-state index contributed by atoms with van der Waals surface area (Å²) in [4.78, 5) is 12.5. The van der Waals surface area contributed by atoms with Crippen molar-refractivity contribution in [2.24, 2.45) is 0 Å². The number of ether oxygens (including phenoxy) is 1. The van der Waals surface area contributed by atoms with Crippen molar-refractivity contribution in [3.8, 4) is 5.75 Å². The zero-order valence-corrected chi connectivity index (χ0v) is 19.6. The number of para-hydroxylation sites is 1. The minimum absolute atomic E-state index is 0.136. The van der Waals surface area contributed by atoms with Crippen molar-refractivity contribution in [2.75, 3.05) is 17.5 Å². The molecule has 0 radical (unpaired) electrons. The average molecular weight is 465 g/mol. The Bertz CT molecular complexity index is 1240. The molecule has 0 fully saturated rings. The maximum absolute atomic E-state index is 13.4. The predicted molar refractivity (Wildman–Crippen MR) is 129 cm³/mol. The summed E-state index contributed by atoms with van der Waals surface area (Å²) in [7, 11) is -3.69. The van der Waals surface area contributed by atoms with Gasteiger partial charge in [0, 0.05) is 6.54 Å². The van der Waals surface area contributed by atoms with E-state index in [1.165, 1.54) is 4.31 Å². The van der Waals surface area contributed by atoms with E-state index in [2.05, 4.69) is 5.32 Å². The Morgan fingerprint density at radius 1 is 1.06 bits per heavy atom. The van der Waals surface area contributed by atoms with Crippen LogP contribution >= 0.6 is 0 Å². The molecule has 1 heterocycles. The smallest absolute Gasteiger partial charge is 0.264 e. The highest BCUT2D eigenvalue weighted by molar-refractivity contribution is 7.92. The Balaban J connectivity index is 1.44. The molecule has 0 aliphatic carbocycles. The maximum Gasteiger partial charge on any atom is 0.264 e. The van der Waals surface area contributed by atoms with E-state index >= 15 is 0 Å². The number of hydrogen-bond donors (Lipinski definition) is 1. The number of hydrogen-bond acceptors (Lipinski definition) is 4. The van der Waals surface area contributed by atoms with Crippen LogP contribution < -0.4 is 14.4 Å². The topological polar surface area (TPSA) is 75.7 Å². The van der Waals surface area contributed by atoms with Gasteiger partial charge in [-0.05, 0) is 67.6 Å². The lowest BCUT2D eigenvalue weighted by molar-refractivity contribution is -0.123. The van der Waals surface area contributed by atoms with E-state index in [9.17, 15) is 13.2 Å². The molecule has 0 aromatic heterocycles. The minimum atomic E-state index is -3.69. The van der Waals surface area contributed by atoms with Gasteiger partial charge in [0.25, 0.3) is 15.9 Å². The van der Waals surface area contributed by atoms with Gasteiger partial charge in [-0.2, -0.15) is 0 Å². The first-order chi connectivity index (χ1) is 15.9. The lowest BCUT2D eigenvalue weighted by atomic mass is 10.0. The summed E-state index contributed by atoms with van der Waals surface area (Å²) < 4.78 is 33.9. The zero-order valence-electron chi connectivity index (χ0n) is 18.8. The van der Waals surface area contributed by atoms with Crippen LogP contribution in [0.15, 0.2) is 77.7 Å². The van der Waals surface area contributed by atoms with Gasteiger partial charge in [-0.25, -0.2) is 8.42 Å². The molecule has 1 atom stereocenters. The Kier molecular flexibility index (Phi) is 6.70. The number of amides is 1. The Morgan fingerprint density at radius 3 is 2.55 bits per heavy atom. The van der Waals surface area contributed by atoms with Gasteiger partial charge in [0.1, 0.15) is 5.75 Å². The summed E-state index contributed by atoms with van der Waals surface area (Å²) >= 11 is 0. The molecule has 4 rings (SSSR count). The summed E-state index contributed by atoms with van der Waals surface area (Å²) in [6.45, 7) is 4.00. The number of nitrogens with zero attached hydrogens (tertiary/aromatic N) is 1. The molecule has 1 amide bonds. The lowest BCUT2D eigenvalue weighted by Crippen LogP contribution is -2.35. The molecule has 172 valence electrons. The van der Waals surface area contributed by atoms with Crippen LogP contribution in [0, 0.1) is 6.92 Å². The number of aryl methyl sites for hydroxylation is 2. The number of sulfonamides is 1. The molecule has 0 unspecified atom stereocenters. The van der Waals surface area contributed by atoms with E-state index in [0.717, 1.165) is 29.7 Å². The fourth-order valence-corrected chi connectivity index (χ4v) is 5.70. The third-order valence-corrected chi connectivity index (χ3v) is 7.65. The van der Waals surface area contributed by atoms with Gasteiger partial charge in [0.2, 0.25) is 0 Å². The number of anilines is 1. The Morgan fingerprint density at radius 2 is 1.79 bits per heavy atom. The quantitative estimate of drug-likeness (QED) is 0.563. The van der Waals surface area contributed by atoms with E-state index < -0.39 is 10.0 Å². The van der Waals surface area contributed by atoms with Crippen LogP contribution in [-0.2, 0) is 21.2 Å². The number of fused-ring (bicyclic) bond motifs is 1. The second-order valence-corrected chi connectivity index (χ2v) is 10.1. The summed E-state index contributed by atoms with van der Waals surface area (Å²) in [6, 6.07) is 21.9. The van der Waals surface area contributed by atoms with E-state index in [-0.39, 0.29) is 23.5 Å². The molecule has 0 saturated heterocycles. The molecule has 1 aliphatic rings. The molecular formula is C26H28N2O4S. The van der Waals surface area contributed by atoms with E-state index in [1.54, 1.807) is 25.1 Å². The van der Waals surface area contributed by atoms with Gasteiger partial charge in [0.15, 0.2) is 6.61 Å². The van der Waals surface area contributed by atoms with Crippen LogP contribution in [0.2, 0.25) is 0 Å². The van der Waals surface area contributed by atoms with Crippen molar-refractivity contribution in [1.29, 1.82) is 0 Å². The zero-order chi connectivity index (χ0) is 23.4. The highest BCUT2D eigenvalue weighted by atomic mass is 32.2. The summed E-state index contributed by atoms with van der Waals surface area (Å²) in [5.74, 6) is 0.239. The highest BCUT2D eigenvalue weighted by Crippen LogP contribution is 2.33. The molecule has 3 aromatic carbocycles. The fourth-order valence-electron chi connectivity index (χ4n) is 4.07. The SMILES string of the molecule is Cc1cc(S(=O)(=O)N2CCCc3ccccc32)ccc1OCC(=O)N[C@H](C)c1ccccc1. The Labute approximate surface area is 195 Å². The van der Waals surface area contributed by atoms with Crippen LogP contribution in [0.1, 0.15) is 36.1 Å². The molecule has 1 N–H and O–H groups in total. The van der Waals surface area contributed by atoms with Crippen LogP contribution in [-0.4, -0.2) is 27.5 Å². The first kappa shape index (κ1) is 22.9. The number of carbonyl (C=O) groups excluding carboxylic acids is 1. The molecule has 3 aromatic rings. The average Bonchev–Trinajstić information content (AvgIpc) is 2.83. The fraction of sp³-hybridized carbons (Fsp3) is 0.269. The standard InChI is InChI=1S/C26H28N2O4S/c1-19-17-23(33(30,31)28-16-8-12-22-11-6-7-13-24(22)28)14-15-25(19)32-18-26(29)27-20(2)21-9-4-3-5-10-21/h3-7,9-11,13-15,17,20H,8,12,16,18H2,1-2H3,(H,27,29)/t20-/m1/s1. The third kappa shape index (κ3) is 5.03. The van der Waals surface area contributed by atoms with Crippen molar-refractivity contribution < 1.29 is 17.9 Å². The number of benzene rings is 3. The van der Waals surface area contributed by atoms with Gasteiger partial charge in [-0.15, -0.1) is 0 Å². The number of rotatable bonds is 7. The molecular weight excluding hydrogens is 436 g/mol. The second kappa shape index (κ2) is 9.67. The largest absolute Gasteiger partial charge is 0.484 e. The van der Waals surface area contributed by atoms with Gasteiger partial charge in [-0.3, -0.25) is 9.10 Å². The molecule has 33 heavy (non-hydrogen) atoms. The van der Waals surface area contributed by atoms with Crippen molar-refractivity contribution >= 4 is 21.6 Å². The van der Waals surface area contributed by atoms with Gasteiger partial charge < -0.3 is 10.1 Å². The number of nitrogens with one attached hydrogen (secondary N) is 1. The highest BCUT2D eigenvalue weighted by Gasteiger charge is 2.29. The minimum Gasteiger partial charge on any atom is -0.484 e.